The van der Waals surface area contributed by atoms with Crippen molar-refractivity contribution in [2.45, 2.75) is 45.6 Å². The predicted molar refractivity (Wildman–Crippen MR) is 84.7 cm³/mol. The normalized spacial score (nSPS) is 12.2. The van der Waals surface area contributed by atoms with Crippen LogP contribution in [0.4, 0.5) is 0 Å². The van der Waals surface area contributed by atoms with E-state index in [1.54, 1.807) is 0 Å². The van der Waals surface area contributed by atoms with Gasteiger partial charge in [0.2, 0.25) is 0 Å². The summed E-state index contributed by atoms with van der Waals surface area (Å²) in [5, 5.41) is 3.18. The van der Waals surface area contributed by atoms with Gasteiger partial charge < -0.3 is 14.8 Å². The van der Waals surface area contributed by atoms with E-state index in [2.05, 4.69) is 38.2 Å². The van der Waals surface area contributed by atoms with E-state index in [0.717, 1.165) is 18.7 Å². The summed E-state index contributed by atoms with van der Waals surface area (Å²) in [5.41, 5.74) is 1.29. The van der Waals surface area contributed by atoms with E-state index in [1.165, 1.54) is 12.7 Å². The Hall–Kier alpha value is -1.55. The number of hydrogen-bond donors (Lipinski definition) is 1. The molecule has 0 bridgehead atoms. The summed E-state index contributed by atoms with van der Waals surface area (Å²) in [6.07, 6.45) is 1.57. The molecular weight excluding hydrogens is 266 g/mol. The molecule has 1 aromatic carbocycles. The average molecular weight is 293 g/mol. The molecule has 1 aromatic rings. The van der Waals surface area contributed by atoms with Gasteiger partial charge in [0.05, 0.1) is 13.7 Å². The van der Waals surface area contributed by atoms with Gasteiger partial charge in [-0.15, -0.1) is 0 Å². The first-order valence-corrected chi connectivity index (χ1v) is 7.62. The van der Waals surface area contributed by atoms with Crippen LogP contribution in [0.1, 0.15) is 45.1 Å². The molecule has 1 atom stereocenters. The van der Waals surface area contributed by atoms with Gasteiger partial charge in [-0.25, -0.2) is 0 Å². The Kier molecular flexibility index (Phi) is 7.83. The molecule has 1 unspecified atom stereocenters. The van der Waals surface area contributed by atoms with Crippen LogP contribution in [0.15, 0.2) is 24.3 Å². The largest absolute Gasteiger partial charge is 0.494 e. The van der Waals surface area contributed by atoms with E-state index in [9.17, 15) is 4.79 Å². The van der Waals surface area contributed by atoms with Crippen LogP contribution >= 0.6 is 0 Å². The lowest BCUT2D eigenvalue weighted by Gasteiger charge is -2.16. The number of ether oxygens (including phenoxy) is 2. The van der Waals surface area contributed by atoms with Crippen LogP contribution < -0.4 is 10.1 Å². The summed E-state index contributed by atoms with van der Waals surface area (Å²) in [6.45, 7) is 7.67. The van der Waals surface area contributed by atoms with Gasteiger partial charge in [0.25, 0.3) is 0 Å². The zero-order valence-corrected chi connectivity index (χ0v) is 13.5. The molecule has 4 nitrogen and oxygen atoms in total. The highest BCUT2D eigenvalue weighted by molar-refractivity contribution is 5.75. The standard InChI is InChI=1S/C17H27NO3/c1-5-11-18-16(17(19)20-4)10-12-21-15-8-6-14(7-9-15)13(2)3/h6-9,13,16,18H,5,10-12H2,1-4H3. The number of nitrogens with one attached hydrogen (secondary N) is 1. The molecule has 0 aliphatic rings. The monoisotopic (exact) mass is 293 g/mol. The Morgan fingerprint density at radius 1 is 1.24 bits per heavy atom. The lowest BCUT2D eigenvalue weighted by Crippen LogP contribution is -2.39. The van der Waals surface area contributed by atoms with Crippen molar-refractivity contribution in [1.82, 2.24) is 5.32 Å². The summed E-state index contributed by atoms with van der Waals surface area (Å²) in [7, 11) is 1.41. The van der Waals surface area contributed by atoms with Crippen molar-refractivity contribution in [2.24, 2.45) is 0 Å². The Morgan fingerprint density at radius 3 is 2.43 bits per heavy atom. The number of esters is 1. The van der Waals surface area contributed by atoms with Gasteiger partial charge in [-0.1, -0.05) is 32.9 Å². The summed E-state index contributed by atoms with van der Waals surface area (Å²) in [5.74, 6) is 1.11. The van der Waals surface area contributed by atoms with Crippen molar-refractivity contribution in [1.29, 1.82) is 0 Å². The highest BCUT2D eigenvalue weighted by Crippen LogP contribution is 2.18. The Morgan fingerprint density at radius 2 is 1.90 bits per heavy atom. The number of carbonyl (C=O) groups is 1. The van der Waals surface area contributed by atoms with E-state index >= 15 is 0 Å². The lowest BCUT2D eigenvalue weighted by molar-refractivity contribution is -0.143. The van der Waals surface area contributed by atoms with Crippen LogP contribution in [0.5, 0.6) is 5.75 Å². The van der Waals surface area contributed by atoms with Gasteiger partial charge in [0.1, 0.15) is 11.8 Å². The summed E-state index contributed by atoms with van der Waals surface area (Å²) < 4.78 is 10.5. The van der Waals surface area contributed by atoms with Crippen molar-refractivity contribution >= 4 is 5.97 Å². The van der Waals surface area contributed by atoms with Gasteiger partial charge in [0, 0.05) is 6.42 Å². The Labute approximate surface area is 127 Å². The second-order valence-electron chi connectivity index (χ2n) is 5.39. The molecule has 0 amide bonds. The molecule has 1 rings (SSSR count). The molecule has 0 saturated carbocycles. The van der Waals surface area contributed by atoms with E-state index in [0.29, 0.717) is 18.9 Å². The van der Waals surface area contributed by atoms with Crippen molar-refractivity contribution in [2.75, 3.05) is 20.3 Å². The molecule has 118 valence electrons. The molecule has 0 fully saturated rings. The van der Waals surface area contributed by atoms with E-state index < -0.39 is 0 Å². The molecule has 0 aromatic heterocycles. The second kappa shape index (κ2) is 9.40. The van der Waals surface area contributed by atoms with Gasteiger partial charge in [-0.2, -0.15) is 0 Å². The van der Waals surface area contributed by atoms with Crippen LogP contribution in [0, 0.1) is 0 Å². The Balaban J connectivity index is 2.43. The van der Waals surface area contributed by atoms with E-state index in [4.69, 9.17) is 9.47 Å². The molecule has 0 aliphatic carbocycles. The maximum Gasteiger partial charge on any atom is 0.322 e. The molecule has 4 heteroatoms. The third-order valence-electron chi connectivity index (χ3n) is 3.35. The number of methoxy groups -OCH3 is 1. The molecule has 1 N–H and O–H groups in total. The molecule has 0 spiro atoms. The summed E-state index contributed by atoms with van der Waals surface area (Å²) in [6, 6.07) is 7.80. The molecule has 0 radical (unpaired) electrons. The average Bonchev–Trinajstić information content (AvgIpc) is 2.50. The number of benzene rings is 1. The number of carbonyl (C=O) groups excluding carboxylic acids is 1. The van der Waals surface area contributed by atoms with E-state index in [-0.39, 0.29) is 12.0 Å². The zero-order valence-electron chi connectivity index (χ0n) is 13.5. The minimum Gasteiger partial charge on any atom is -0.494 e. The smallest absolute Gasteiger partial charge is 0.322 e. The van der Waals surface area contributed by atoms with Crippen LogP contribution in [0.2, 0.25) is 0 Å². The van der Waals surface area contributed by atoms with Crippen LogP contribution in [-0.2, 0) is 9.53 Å². The quantitative estimate of drug-likeness (QED) is 0.711. The maximum absolute atomic E-state index is 11.6. The van der Waals surface area contributed by atoms with Crippen LogP contribution in [-0.4, -0.2) is 32.3 Å². The fraction of sp³-hybridized carbons (Fsp3) is 0.588. The highest BCUT2D eigenvalue weighted by atomic mass is 16.5. The molecule has 0 saturated heterocycles. The molecule has 21 heavy (non-hydrogen) atoms. The summed E-state index contributed by atoms with van der Waals surface area (Å²) >= 11 is 0. The zero-order chi connectivity index (χ0) is 15.7. The summed E-state index contributed by atoms with van der Waals surface area (Å²) in [4.78, 5) is 11.6. The third-order valence-corrected chi connectivity index (χ3v) is 3.35. The van der Waals surface area contributed by atoms with Crippen molar-refractivity contribution in [3.8, 4) is 5.75 Å². The van der Waals surface area contributed by atoms with E-state index in [1.807, 2.05) is 12.1 Å². The van der Waals surface area contributed by atoms with Gasteiger partial charge in [-0.05, 0) is 36.6 Å². The fourth-order valence-corrected chi connectivity index (χ4v) is 2.01. The van der Waals surface area contributed by atoms with Gasteiger partial charge in [-0.3, -0.25) is 4.79 Å². The van der Waals surface area contributed by atoms with Crippen molar-refractivity contribution < 1.29 is 14.3 Å². The molecular formula is C17H27NO3. The van der Waals surface area contributed by atoms with Gasteiger partial charge in [0.15, 0.2) is 0 Å². The lowest BCUT2D eigenvalue weighted by atomic mass is 10.0. The highest BCUT2D eigenvalue weighted by Gasteiger charge is 2.17. The molecule has 0 aliphatic heterocycles. The molecule has 0 heterocycles. The predicted octanol–water partition coefficient (Wildman–Crippen LogP) is 3.12. The second-order valence-corrected chi connectivity index (χ2v) is 5.39. The van der Waals surface area contributed by atoms with Crippen molar-refractivity contribution in [3.63, 3.8) is 0 Å². The topological polar surface area (TPSA) is 47.6 Å². The third kappa shape index (κ3) is 6.17. The minimum absolute atomic E-state index is 0.234. The first-order valence-electron chi connectivity index (χ1n) is 7.62. The minimum atomic E-state index is -0.301. The maximum atomic E-state index is 11.6. The van der Waals surface area contributed by atoms with Crippen LogP contribution in [0.25, 0.3) is 0 Å². The SMILES string of the molecule is CCCNC(CCOc1ccc(C(C)C)cc1)C(=O)OC. The first-order chi connectivity index (χ1) is 10.1. The van der Waals surface area contributed by atoms with Crippen molar-refractivity contribution in [3.05, 3.63) is 29.8 Å². The Bertz CT molecular complexity index is 415. The fourth-order valence-electron chi connectivity index (χ4n) is 2.01. The van der Waals surface area contributed by atoms with Crippen LogP contribution in [0.3, 0.4) is 0 Å². The van der Waals surface area contributed by atoms with Gasteiger partial charge >= 0.3 is 5.97 Å². The number of rotatable bonds is 9. The number of hydrogen-bond acceptors (Lipinski definition) is 4. The first kappa shape index (κ1) is 17.5.